The normalized spacial score (nSPS) is 19.5. The van der Waals surface area contributed by atoms with Gasteiger partial charge in [-0.25, -0.2) is 9.67 Å². The van der Waals surface area contributed by atoms with Crippen LogP contribution in [0.4, 0.5) is 0 Å². The molecule has 164 valence electrons. The van der Waals surface area contributed by atoms with E-state index in [4.69, 9.17) is 0 Å². The van der Waals surface area contributed by atoms with E-state index < -0.39 is 0 Å². The summed E-state index contributed by atoms with van der Waals surface area (Å²) in [7, 11) is 1.88. The van der Waals surface area contributed by atoms with Crippen LogP contribution in [0.3, 0.4) is 0 Å². The summed E-state index contributed by atoms with van der Waals surface area (Å²) in [5.41, 5.74) is 7.21. The Labute approximate surface area is 188 Å². The molecule has 4 aromatic rings. The van der Waals surface area contributed by atoms with Crippen molar-refractivity contribution in [1.29, 1.82) is 0 Å². The zero-order valence-electron chi connectivity index (χ0n) is 18.6. The van der Waals surface area contributed by atoms with Crippen LogP contribution in [0.5, 0.6) is 0 Å². The Bertz CT molecular complexity index is 1200. The molecule has 0 saturated heterocycles. The number of H-pyrrole nitrogens is 1. The summed E-state index contributed by atoms with van der Waals surface area (Å²) >= 11 is 0. The number of nitrogens with zero attached hydrogens (tertiary/aromatic N) is 5. The second-order valence-electron chi connectivity index (χ2n) is 8.67. The van der Waals surface area contributed by atoms with Gasteiger partial charge in [0.15, 0.2) is 5.65 Å². The highest BCUT2D eigenvalue weighted by atomic mass is 15.4. The van der Waals surface area contributed by atoms with Crippen LogP contribution >= 0.6 is 0 Å². The highest BCUT2D eigenvalue weighted by Gasteiger charge is 2.22. The third-order valence-electron chi connectivity index (χ3n) is 6.50. The Morgan fingerprint density at radius 3 is 2.75 bits per heavy atom. The smallest absolute Gasteiger partial charge is 0.179 e. The van der Waals surface area contributed by atoms with Crippen molar-refractivity contribution < 1.29 is 0 Å². The molecule has 1 aromatic carbocycles. The number of aromatic amines is 1. The maximum absolute atomic E-state index is 4.62. The minimum absolute atomic E-state index is 0.549. The standard InChI is InChI=1S/C25H29N7/c1-17-14-23(24-25(29-17)32(2)31-30-24)22(20-15-27-28-16-20)12-13-26-21-10-8-19(9-11-21)18-6-4-3-5-7-18/h3-7,12,14-16,19,21,26H,8-11,13H2,1-2H3,(H,27,28)/b22-12-. The molecule has 1 aliphatic carbocycles. The molecule has 3 heterocycles. The highest BCUT2D eigenvalue weighted by molar-refractivity contribution is 5.92. The van der Waals surface area contributed by atoms with Gasteiger partial charge in [0.25, 0.3) is 0 Å². The number of aryl methyl sites for hydroxylation is 2. The molecule has 2 N–H and O–H groups in total. The molecule has 32 heavy (non-hydrogen) atoms. The topological polar surface area (TPSA) is 84.3 Å². The Morgan fingerprint density at radius 1 is 1.19 bits per heavy atom. The lowest BCUT2D eigenvalue weighted by atomic mass is 9.82. The first-order valence-electron chi connectivity index (χ1n) is 11.3. The van der Waals surface area contributed by atoms with Gasteiger partial charge in [0.05, 0.1) is 6.20 Å². The largest absolute Gasteiger partial charge is 0.310 e. The molecule has 0 bridgehead atoms. The molecule has 1 fully saturated rings. The molecule has 0 unspecified atom stereocenters. The summed E-state index contributed by atoms with van der Waals surface area (Å²) < 4.78 is 1.72. The fraction of sp³-hybridized carbons (Fsp3) is 0.360. The summed E-state index contributed by atoms with van der Waals surface area (Å²) in [4.78, 5) is 4.62. The zero-order valence-corrected chi connectivity index (χ0v) is 18.6. The Hall–Kier alpha value is -3.32. The molecule has 0 aliphatic heterocycles. The van der Waals surface area contributed by atoms with Gasteiger partial charge in [-0.2, -0.15) is 5.10 Å². The number of nitrogens with one attached hydrogen (secondary N) is 2. The van der Waals surface area contributed by atoms with E-state index >= 15 is 0 Å². The number of fused-ring (bicyclic) bond motifs is 1. The van der Waals surface area contributed by atoms with Crippen molar-refractivity contribution >= 4 is 16.7 Å². The Kier molecular flexibility index (Phi) is 5.81. The lowest BCUT2D eigenvalue weighted by Gasteiger charge is -2.29. The summed E-state index contributed by atoms with van der Waals surface area (Å²) in [6.45, 7) is 2.80. The molecule has 5 rings (SSSR count). The van der Waals surface area contributed by atoms with Crippen LogP contribution in [0.1, 0.15) is 54.0 Å². The number of hydrogen-bond acceptors (Lipinski definition) is 5. The Balaban J connectivity index is 1.32. The summed E-state index contributed by atoms with van der Waals surface area (Å²) in [6, 6.07) is 13.6. The number of benzene rings is 1. The third kappa shape index (κ3) is 4.21. The lowest BCUT2D eigenvalue weighted by Crippen LogP contribution is -2.32. The summed E-state index contributed by atoms with van der Waals surface area (Å²) in [5.74, 6) is 0.691. The van der Waals surface area contributed by atoms with E-state index in [1.54, 1.807) is 4.68 Å². The van der Waals surface area contributed by atoms with Gasteiger partial charge < -0.3 is 5.32 Å². The van der Waals surface area contributed by atoms with E-state index in [1.807, 2.05) is 26.4 Å². The summed E-state index contributed by atoms with van der Waals surface area (Å²) in [6.07, 6.45) is 10.9. The van der Waals surface area contributed by atoms with E-state index in [0.717, 1.165) is 40.1 Å². The number of rotatable bonds is 6. The van der Waals surface area contributed by atoms with Gasteiger partial charge in [-0.1, -0.05) is 41.6 Å². The minimum atomic E-state index is 0.549. The van der Waals surface area contributed by atoms with Crippen LogP contribution in [0, 0.1) is 6.92 Å². The first kappa shape index (κ1) is 20.6. The van der Waals surface area contributed by atoms with E-state index in [2.05, 4.69) is 73.3 Å². The number of hydrogen-bond donors (Lipinski definition) is 2. The van der Waals surface area contributed by atoms with Crippen molar-refractivity contribution in [3.8, 4) is 0 Å². The molecule has 1 saturated carbocycles. The Morgan fingerprint density at radius 2 is 2.00 bits per heavy atom. The van der Waals surface area contributed by atoms with E-state index in [1.165, 1.54) is 31.2 Å². The van der Waals surface area contributed by atoms with Gasteiger partial charge >= 0.3 is 0 Å². The van der Waals surface area contributed by atoms with Crippen LogP contribution in [-0.2, 0) is 7.05 Å². The zero-order chi connectivity index (χ0) is 21.9. The second kappa shape index (κ2) is 9.04. The van der Waals surface area contributed by atoms with Crippen molar-refractivity contribution in [3.05, 3.63) is 77.3 Å². The third-order valence-corrected chi connectivity index (χ3v) is 6.50. The van der Waals surface area contributed by atoms with Crippen LogP contribution in [0.25, 0.3) is 16.7 Å². The highest BCUT2D eigenvalue weighted by Crippen LogP contribution is 2.33. The van der Waals surface area contributed by atoms with E-state index in [9.17, 15) is 0 Å². The van der Waals surface area contributed by atoms with Gasteiger partial charge in [0.1, 0.15) is 5.52 Å². The predicted octanol–water partition coefficient (Wildman–Crippen LogP) is 4.14. The SMILES string of the molecule is Cc1cc(/C(=C\CNC2CCC(c3ccccc3)CC2)c2cn[nH]c2)c2nnn(C)c2n1. The van der Waals surface area contributed by atoms with Crippen LogP contribution < -0.4 is 5.32 Å². The summed E-state index contributed by atoms with van der Waals surface area (Å²) in [5, 5.41) is 19.4. The van der Waals surface area contributed by atoms with E-state index in [0.29, 0.717) is 12.0 Å². The molecule has 0 atom stereocenters. The molecule has 0 amide bonds. The first-order chi connectivity index (χ1) is 15.7. The number of aromatic nitrogens is 6. The molecular formula is C25H29N7. The van der Waals surface area contributed by atoms with Crippen LogP contribution in [0.2, 0.25) is 0 Å². The monoisotopic (exact) mass is 427 g/mol. The van der Waals surface area contributed by atoms with Crippen molar-refractivity contribution in [1.82, 2.24) is 35.5 Å². The average molecular weight is 428 g/mol. The predicted molar refractivity (Wildman–Crippen MR) is 126 cm³/mol. The van der Waals surface area contributed by atoms with Crippen LogP contribution in [-0.4, -0.2) is 42.8 Å². The fourth-order valence-electron chi connectivity index (χ4n) is 4.80. The van der Waals surface area contributed by atoms with Crippen molar-refractivity contribution in [2.24, 2.45) is 7.05 Å². The second-order valence-corrected chi connectivity index (χ2v) is 8.67. The van der Waals surface area contributed by atoms with Crippen LogP contribution in [0.15, 0.2) is 54.9 Å². The number of pyridine rings is 1. The molecule has 0 spiro atoms. The van der Waals surface area contributed by atoms with Gasteiger partial charge in [-0.05, 0) is 55.7 Å². The van der Waals surface area contributed by atoms with Gasteiger partial charge in [0.2, 0.25) is 0 Å². The van der Waals surface area contributed by atoms with Gasteiger partial charge in [0, 0.05) is 42.7 Å². The molecule has 7 heteroatoms. The molecular weight excluding hydrogens is 398 g/mol. The van der Waals surface area contributed by atoms with E-state index in [-0.39, 0.29) is 0 Å². The molecule has 3 aromatic heterocycles. The molecule has 1 aliphatic rings. The average Bonchev–Trinajstić information content (AvgIpc) is 3.48. The van der Waals surface area contributed by atoms with Crippen molar-refractivity contribution in [3.63, 3.8) is 0 Å². The minimum Gasteiger partial charge on any atom is -0.310 e. The molecule has 7 nitrogen and oxygen atoms in total. The van der Waals surface area contributed by atoms with Gasteiger partial charge in [-0.3, -0.25) is 5.10 Å². The van der Waals surface area contributed by atoms with Gasteiger partial charge in [-0.15, -0.1) is 5.10 Å². The maximum atomic E-state index is 4.62. The maximum Gasteiger partial charge on any atom is 0.179 e. The quantitative estimate of drug-likeness (QED) is 0.483. The lowest BCUT2D eigenvalue weighted by molar-refractivity contribution is 0.351. The molecule has 0 radical (unpaired) electrons. The van der Waals surface area contributed by atoms with Crippen molar-refractivity contribution in [2.45, 2.75) is 44.6 Å². The fourth-order valence-corrected chi connectivity index (χ4v) is 4.80. The first-order valence-corrected chi connectivity index (χ1v) is 11.3. The van der Waals surface area contributed by atoms with Crippen molar-refractivity contribution in [2.75, 3.05) is 6.54 Å².